The Morgan fingerprint density at radius 1 is 0.906 bits per heavy atom. The van der Waals surface area contributed by atoms with E-state index in [9.17, 15) is 26.3 Å². The van der Waals surface area contributed by atoms with Gasteiger partial charge in [0, 0.05) is 6.04 Å². The lowest BCUT2D eigenvalue weighted by Gasteiger charge is -2.48. The maximum absolute atomic E-state index is 13.2. The minimum Gasteiger partial charge on any atom is -0.371 e. The number of piperidine rings is 1. The molecule has 0 N–H and O–H groups in total. The van der Waals surface area contributed by atoms with Crippen LogP contribution in [0.25, 0.3) is 0 Å². The van der Waals surface area contributed by atoms with Gasteiger partial charge < -0.3 is 4.74 Å². The average molecular weight is 480 g/mol. The summed E-state index contributed by atoms with van der Waals surface area (Å²) in [5, 5.41) is 0. The number of ether oxygens (including phenoxy) is 1. The molecule has 4 rings (SSSR count). The molecule has 32 heavy (non-hydrogen) atoms. The number of likely N-dealkylation sites (N-methyl/N-ethyl adjacent to an activating group) is 1. The van der Waals surface area contributed by atoms with Crippen molar-refractivity contribution in [1.29, 1.82) is 0 Å². The van der Waals surface area contributed by atoms with Crippen LogP contribution in [-0.4, -0.2) is 24.1 Å². The molecule has 2 fully saturated rings. The molecule has 2 heterocycles. The molecule has 2 bridgehead atoms. The number of halogens is 7. The third-order valence-corrected chi connectivity index (χ3v) is 6.70. The fraction of sp³-hybridized carbons (Fsp3) is 0.478. The third-order valence-electron chi connectivity index (χ3n) is 6.70. The van der Waals surface area contributed by atoms with E-state index in [0.717, 1.165) is 37.0 Å². The van der Waals surface area contributed by atoms with Crippen molar-refractivity contribution in [3.05, 3.63) is 70.8 Å². The standard InChI is InChI=1S/C23H23F6NO.ClH/c1-30-19-7-8-20(21(30,10-9-19)16-5-3-2-4-6-16)31-14-15-11-17(22(24,25)26)13-18(12-15)23(27,28)29;/h2-6,11-13,19-20H,7-10,14H2,1H3;1H/t19-,20+,21+;/m0./s1. The Hall–Kier alpha value is -1.77. The number of rotatable bonds is 4. The molecule has 2 aromatic rings. The molecule has 0 aromatic heterocycles. The summed E-state index contributed by atoms with van der Waals surface area (Å²) in [6.45, 7) is -0.315. The Morgan fingerprint density at radius 2 is 1.50 bits per heavy atom. The molecule has 0 unspecified atom stereocenters. The van der Waals surface area contributed by atoms with Gasteiger partial charge in [0.05, 0.1) is 29.4 Å². The van der Waals surface area contributed by atoms with Gasteiger partial charge in [0.2, 0.25) is 0 Å². The minimum absolute atomic E-state index is 0. The van der Waals surface area contributed by atoms with E-state index in [1.54, 1.807) is 0 Å². The largest absolute Gasteiger partial charge is 0.416 e. The highest BCUT2D eigenvalue weighted by Crippen LogP contribution is 2.51. The normalized spacial score (nSPS) is 26.1. The first-order valence-corrected chi connectivity index (χ1v) is 10.2. The highest BCUT2D eigenvalue weighted by atomic mass is 35.5. The molecule has 0 radical (unpaired) electrons. The zero-order valence-electron chi connectivity index (χ0n) is 17.3. The summed E-state index contributed by atoms with van der Waals surface area (Å²) >= 11 is 0. The van der Waals surface area contributed by atoms with Gasteiger partial charge in [-0.05, 0) is 62.1 Å². The van der Waals surface area contributed by atoms with Crippen LogP contribution in [0.5, 0.6) is 0 Å². The second kappa shape index (κ2) is 8.88. The molecule has 9 heteroatoms. The SMILES string of the molecule is CN1[C@H]2CC[C@@H](OCc3cc(C(F)(F)F)cc(C(F)(F)F)c3)[C@]1(c1ccccc1)CC2.Cl. The van der Waals surface area contributed by atoms with Crippen LogP contribution < -0.4 is 0 Å². The predicted octanol–water partition coefficient (Wildman–Crippen LogP) is 6.81. The van der Waals surface area contributed by atoms with Crippen molar-refractivity contribution >= 4 is 12.4 Å². The lowest BCUT2D eigenvalue weighted by atomic mass is 9.79. The second-order valence-electron chi connectivity index (χ2n) is 8.38. The van der Waals surface area contributed by atoms with Crippen LogP contribution in [0, 0.1) is 0 Å². The zero-order valence-corrected chi connectivity index (χ0v) is 18.2. The lowest BCUT2D eigenvalue weighted by Crippen LogP contribution is -2.55. The summed E-state index contributed by atoms with van der Waals surface area (Å²) in [5.74, 6) is 0. The van der Waals surface area contributed by atoms with Crippen molar-refractivity contribution in [2.24, 2.45) is 0 Å². The first-order valence-electron chi connectivity index (χ1n) is 10.2. The highest BCUT2D eigenvalue weighted by Gasteiger charge is 2.54. The van der Waals surface area contributed by atoms with Gasteiger partial charge in [0.25, 0.3) is 0 Å². The van der Waals surface area contributed by atoms with E-state index in [1.807, 2.05) is 37.4 Å². The number of alkyl halides is 6. The summed E-state index contributed by atoms with van der Waals surface area (Å²) in [6, 6.07) is 11.8. The number of benzene rings is 2. The van der Waals surface area contributed by atoms with E-state index in [4.69, 9.17) is 4.74 Å². The van der Waals surface area contributed by atoms with Crippen LogP contribution in [0.3, 0.4) is 0 Å². The Kier molecular flexibility index (Phi) is 6.90. The van der Waals surface area contributed by atoms with Gasteiger partial charge in [-0.1, -0.05) is 30.3 Å². The van der Waals surface area contributed by atoms with Crippen LogP contribution in [0.4, 0.5) is 26.3 Å². The highest BCUT2D eigenvalue weighted by molar-refractivity contribution is 5.85. The van der Waals surface area contributed by atoms with E-state index in [0.29, 0.717) is 12.5 Å². The first kappa shape index (κ1) is 24.9. The van der Waals surface area contributed by atoms with Gasteiger partial charge in [-0.15, -0.1) is 12.4 Å². The van der Waals surface area contributed by atoms with Gasteiger partial charge in [-0.2, -0.15) is 26.3 Å². The monoisotopic (exact) mass is 479 g/mol. The van der Waals surface area contributed by atoms with Gasteiger partial charge >= 0.3 is 12.4 Å². The molecule has 0 aliphatic carbocycles. The molecule has 2 saturated heterocycles. The van der Waals surface area contributed by atoms with E-state index in [2.05, 4.69) is 4.90 Å². The van der Waals surface area contributed by atoms with E-state index in [-0.39, 0.29) is 36.7 Å². The van der Waals surface area contributed by atoms with Crippen LogP contribution in [0.1, 0.15) is 47.9 Å². The molecular formula is C23H24ClF6NO. The Balaban J connectivity index is 0.00000289. The van der Waals surface area contributed by atoms with E-state index < -0.39 is 29.0 Å². The number of nitrogens with zero attached hydrogens (tertiary/aromatic N) is 1. The second-order valence-corrected chi connectivity index (χ2v) is 8.38. The molecule has 2 nitrogen and oxygen atoms in total. The lowest BCUT2D eigenvalue weighted by molar-refractivity contribution is -0.143. The molecule has 0 spiro atoms. The summed E-state index contributed by atoms with van der Waals surface area (Å²) in [7, 11) is 2.02. The van der Waals surface area contributed by atoms with Crippen LogP contribution >= 0.6 is 12.4 Å². The van der Waals surface area contributed by atoms with Crippen molar-refractivity contribution in [3.63, 3.8) is 0 Å². The Labute approximate surface area is 189 Å². The maximum atomic E-state index is 13.2. The summed E-state index contributed by atoms with van der Waals surface area (Å²) in [6.07, 6.45) is -6.67. The molecular weight excluding hydrogens is 456 g/mol. The van der Waals surface area contributed by atoms with Gasteiger partial charge in [0.15, 0.2) is 0 Å². The molecule has 2 aromatic carbocycles. The van der Waals surface area contributed by atoms with Gasteiger partial charge in [-0.25, -0.2) is 0 Å². The fourth-order valence-corrected chi connectivity index (χ4v) is 5.17. The smallest absolute Gasteiger partial charge is 0.371 e. The maximum Gasteiger partial charge on any atom is 0.416 e. The number of hydrogen-bond acceptors (Lipinski definition) is 2. The van der Waals surface area contributed by atoms with Crippen molar-refractivity contribution in [3.8, 4) is 0 Å². The minimum atomic E-state index is -4.87. The quantitative estimate of drug-likeness (QED) is 0.446. The van der Waals surface area contributed by atoms with Crippen LogP contribution in [-0.2, 0) is 29.2 Å². The summed E-state index contributed by atoms with van der Waals surface area (Å²) in [5.41, 5.74) is -2.14. The molecule has 2 aliphatic heterocycles. The predicted molar refractivity (Wildman–Crippen MR) is 110 cm³/mol. The van der Waals surface area contributed by atoms with E-state index in [1.165, 1.54) is 0 Å². The fourth-order valence-electron chi connectivity index (χ4n) is 5.17. The number of fused-ring (bicyclic) bond motifs is 2. The van der Waals surface area contributed by atoms with Crippen molar-refractivity contribution in [1.82, 2.24) is 4.90 Å². The first-order chi connectivity index (χ1) is 14.5. The summed E-state index contributed by atoms with van der Waals surface area (Å²) < 4.78 is 85.1. The Morgan fingerprint density at radius 3 is 2.06 bits per heavy atom. The topological polar surface area (TPSA) is 12.5 Å². The van der Waals surface area contributed by atoms with Gasteiger partial charge in [-0.3, -0.25) is 4.90 Å². The van der Waals surface area contributed by atoms with E-state index >= 15 is 0 Å². The van der Waals surface area contributed by atoms with Crippen molar-refractivity contribution in [2.75, 3.05) is 7.05 Å². The molecule has 0 saturated carbocycles. The van der Waals surface area contributed by atoms with Crippen molar-refractivity contribution in [2.45, 2.75) is 62.3 Å². The van der Waals surface area contributed by atoms with Gasteiger partial charge in [0.1, 0.15) is 0 Å². The van der Waals surface area contributed by atoms with Crippen LogP contribution in [0.15, 0.2) is 48.5 Å². The van der Waals surface area contributed by atoms with Crippen LogP contribution in [0.2, 0.25) is 0 Å². The Bertz CT molecular complexity index is 900. The summed E-state index contributed by atoms with van der Waals surface area (Å²) in [4.78, 5) is 2.27. The zero-order chi connectivity index (χ0) is 22.4. The molecule has 176 valence electrons. The molecule has 2 aliphatic rings. The molecule has 3 atom stereocenters. The number of hydrogen-bond donors (Lipinski definition) is 0. The average Bonchev–Trinajstić information content (AvgIpc) is 2.92. The van der Waals surface area contributed by atoms with Crippen molar-refractivity contribution < 1.29 is 31.1 Å². The third kappa shape index (κ3) is 4.50. The molecule has 0 amide bonds.